The molecule has 0 aliphatic carbocycles. The normalized spacial score (nSPS) is 10.4. The molecule has 2 aromatic rings. The van der Waals surface area contributed by atoms with Crippen LogP contribution < -0.4 is 10.6 Å². The Hall–Kier alpha value is -1.17. The molecule has 6 heteroatoms. The molecule has 22 heavy (non-hydrogen) atoms. The van der Waals surface area contributed by atoms with Gasteiger partial charge in [0, 0.05) is 23.9 Å². The number of furan rings is 1. The zero-order chi connectivity index (χ0) is 15.6. The predicted molar refractivity (Wildman–Crippen MR) is 98.6 cm³/mol. The number of rotatable bonds is 8. The monoisotopic (exact) mass is 354 g/mol. The van der Waals surface area contributed by atoms with Gasteiger partial charge in [-0.05, 0) is 48.5 Å². The molecule has 2 rings (SSSR count). The molecule has 0 atom stereocenters. The van der Waals surface area contributed by atoms with Gasteiger partial charge in [-0.3, -0.25) is 0 Å². The van der Waals surface area contributed by atoms with E-state index in [1.807, 2.05) is 48.2 Å². The van der Waals surface area contributed by atoms with Crippen molar-refractivity contribution >= 4 is 40.7 Å². The molecular formula is C16H19ClN2OS2. The van der Waals surface area contributed by atoms with E-state index >= 15 is 0 Å². The van der Waals surface area contributed by atoms with Crippen molar-refractivity contribution in [2.75, 3.05) is 18.8 Å². The van der Waals surface area contributed by atoms with E-state index in [0.29, 0.717) is 5.11 Å². The van der Waals surface area contributed by atoms with E-state index in [2.05, 4.69) is 10.6 Å². The maximum absolute atomic E-state index is 5.86. The molecule has 0 aliphatic heterocycles. The standard InChI is InChI=1S/C16H19ClN2OS2/c17-14-5-3-13(4-6-14)7-8-18-16(21)19-9-11-22-12-15-2-1-10-20-15/h1-6,10H,7-9,11-12H2,(H2,18,19,21). The molecule has 0 bridgehead atoms. The van der Waals surface area contributed by atoms with Crippen LogP contribution in [-0.2, 0) is 12.2 Å². The minimum absolute atomic E-state index is 0.701. The average molecular weight is 355 g/mol. The van der Waals surface area contributed by atoms with Crippen molar-refractivity contribution in [1.29, 1.82) is 0 Å². The molecule has 0 saturated heterocycles. The molecule has 0 amide bonds. The number of thiocarbonyl (C=S) groups is 1. The molecule has 1 aromatic carbocycles. The summed E-state index contributed by atoms with van der Waals surface area (Å²) < 4.78 is 5.28. The van der Waals surface area contributed by atoms with Gasteiger partial charge in [0.2, 0.25) is 0 Å². The lowest BCUT2D eigenvalue weighted by molar-refractivity contribution is 0.530. The Morgan fingerprint density at radius 2 is 1.91 bits per heavy atom. The van der Waals surface area contributed by atoms with Crippen LogP contribution in [0.2, 0.25) is 5.02 Å². The summed E-state index contributed by atoms with van der Waals surface area (Å²) in [5.74, 6) is 2.89. The van der Waals surface area contributed by atoms with Gasteiger partial charge in [0.15, 0.2) is 5.11 Å². The fourth-order valence-electron chi connectivity index (χ4n) is 1.84. The first-order valence-electron chi connectivity index (χ1n) is 7.10. The highest BCUT2D eigenvalue weighted by Crippen LogP contribution is 2.11. The van der Waals surface area contributed by atoms with Crippen molar-refractivity contribution in [1.82, 2.24) is 10.6 Å². The summed E-state index contributed by atoms with van der Waals surface area (Å²) in [7, 11) is 0. The van der Waals surface area contributed by atoms with Crippen LogP contribution in [0.25, 0.3) is 0 Å². The molecule has 0 aliphatic rings. The number of thioether (sulfide) groups is 1. The van der Waals surface area contributed by atoms with Gasteiger partial charge in [0.05, 0.1) is 12.0 Å². The van der Waals surface area contributed by atoms with Gasteiger partial charge in [-0.15, -0.1) is 0 Å². The summed E-state index contributed by atoms with van der Waals surface area (Å²) in [6, 6.07) is 11.8. The molecule has 0 unspecified atom stereocenters. The van der Waals surface area contributed by atoms with E-state index in [9.17, 15) is 0 Å². The van der Waals surface area contributed by atoms with Crippen LogP contribution >= 0.6 is 35.6 Å². The van der Waals surface area contributed by atoms with Crippen LogP contribution in [0.3, 0.4) is 0 Å². The average Bonchev–Trinajstić information content (AvgIpc) is 3.02. The first-order chi connectivity index (χ1) is 10.7. The lowest BCUT2D eigenvalue weighted by Gasteiger charge is -2.10. The van der Waals surface area contributed by atoms with E-state index in [1.165, 1.54) is 5.56 Å². The fraction of sp³-hybridized carbons (Fsp3) is 0.312. The Morgan fingerprint density at radius 3 is 2.64 bits per heavy atom. The molecule has 0 saturated carbocycles. The third kappa shape index (κ3) is 6.73. The lowest BCUT2D eigenvalue weighted by atomic mass is 10.1. The minimum Gasteiger partial charge on any atom is -0.468 e. The van der Waals surface area contributed by atoms with Crippen LogP contribution in [0.5, 0.6) is 0 Å². The third-order valence-corrected chi connectivity index (χ3v) is 4.49. The minimum atomic E-state index is 0.701. The van der Waals surface area contributed by atoms with Crippen LogP contribution in [-0.4, -0.2) is 24.0 Å². The molecule has 3 nitrogen and oxygen atoms in total. The Balaban J connectivity index is 1.50. The van der Waals surface area contributed by atoms with Crippen LogP contribution in [0.4, 0.5) is 0 Å². The second kappa shape index (κ2) is 9.77. The summed E-state index contributed by atoms with van der Waals surface area (Å²) in [4.78, 5) is 0. The van der Waals surface area contributed by atoms with Gasteiger partial charge in [0.25, 0.3) is 0 Å². The quantitative estimate of drug-likeness (QED) is 0.556. The summed E-state index contributed by atoms with van der Waals surface area (Å²) in [6.07, 6.45) is 2.63. The second-order valence-electron chi connectivity index (χ2n) is 4.69. The molecule has 0 fully saturated rings. The van der Waals surface area contributed by atoms with Crippen molar-refractivity contribution in [3.63, 3.8) is 0 Å². The Bertz CT molecular complexity index is 558. The molecule has 118 valence electrons. The van der Waals surface area contributed by atoms with Gasteiger partial charge >= 0.3 is 0 Å². The number of hydrogen-bond donors (Lipinski definition) is 2. The van der Waals surface area contributed by atoms with E-state index < -0.39 is 0 Å². The number of nitrogens with one attached hydrogen (secondary N) is 2. The largest absolute Gasteiger partial charge is 0.468 e. The summed E-state index contributed by atoms with van der Waals surface area (Å²) in [6.45, 7) is 1.66. The van der Waals surface area contributed by atoms with Crippen LogP contribution in [0, 0.1) is 0 Å². The zero-order valence-electron chi connectivity index (χ0n) is 12.2. The van der Waals surface area contributed by atoms with Gasteiger partial charge in [0.1, 0.15) is 5.76 Å². The molecule has 0 spiro atoms. The van der Waals surface area contributed by atoms with Gasteiger partial charge in [-0.2, -0.15) is 11.8 Å². The van der Waals surface area contributed by atoms with E-state index in [1.54, 1.807) is 6.26 Å². The maximum atomic E-state index is 5.86. The van der Waals surface area contributed by atoms with Crippen molar-refractivity contribution in [3.05, 3.63) is 59.0 Å². The van der Waals surface area contributed by atoms with E-state index in [-0.39, 0.29) is 0 Å². The van der Waals surface area contributed by atoms with Crippen LogP contribution in [0.1, 0.15) is 11.3 Å². The van der Waals surface area contributed by atoms with E-state index in [0.717, 1.165) is 41.8 Å². The summed E-state index contributed by atoms with van der Waals surface area (Å²) in [5.41, 5.74) is 1.24. The lowest BCUT2D eigenvalue weighted by Crippen LogP contribution is -2.37. The number of halogens is 1. The highest BCUT2D eigenvalue weighted by molar-refractivity contribution is 7.98. The SMILES string of the molecule is S=C(NCCSCc1ccco1)NCCc1ccc(Cl)cc1. The summed E-state index contributed by atoms with van der Waals surface area (Å²) >= 11 is 12.9. The van der Waals surface area contributed by atoms with Gasteiger partial charge in [-0.25, -0.2) is 0 Å². The second-order valence-corrected chi connectivity index (χ2v) is 6.64. The van der Waals surface area contributed by atoms with E-state index in [4.69, 9.17) is 28.2 Å². The number of hydrogen-bond acceptors (Lipinski definition) is 3. The highest BCUT2D eigenvalue weighted by Gasteiger charge is 1.98. The van der Waals surface area contributed by atoms with Crippen molar-refractivity contribution in [2.24, 2.45) is 0 Å². The molecule has 0 radical (unpaired) electrons. The van der Waals surface area contributed by atoms with Gasteiger partial charge in [-0.1, -0.05) is 23.7 Å². The highest BCUT2D eigenvalue weighted by atomic mass is 35.5. The summed E-state index contributed by atoms with van der Waals surface area (Å²) in [5, 5.41) is 7.88. The number of benzene rings is 1. The predicted octanol–water partition coefficient (Wildman–Crippen LogP) is 3.87. The molecular weight excluding hydrogens is 336 g/mol. The molecule has 1 aromatic heterocycles. The van der Waals surface area contributed by atoms with Crippen molar-refractivity contribution < 1.29 is 4.42 Å². The van der Waals surface area contributed by atoms with Crippen LogP contribution in [0.15, 0.2) is 47.1 Å². The molecule has 1 heterocycles. The Kier molecular flexibility index (Phi) is 7.63. The topological polar surface area (TPSA) is 37.2 Å². The van der Waals surface area contributed by atoms with Crippen molar-refractivity contribution in [2.45, 2.75) is 12.2 Å². The first kappa shape index (κ1) is 17.2. The Labute approximate surface area is 145 Å². The Morgan fingerprint density at radius 1 is 1.14 bits per heavy atom. The van der Waals surface area contributed by atoms with Gasteiger partial charge < -0.3 is 15.1 Å². The zero-order valence-corrected chi connectivity index (χ0v) is 14.6. The first-order valence-corrected chi connectivity index (χ1v) is 9.04. The third-order valence-electron chi connectivity index (χ3n) is 2.97. The van der Waals surface area contributed by atoms with Crippen molar-refractivity contribution in [3.8, 4) is 0 Å². The molecule has 2 N–H and O–H groups in total. The maximum Gasteiger partial charge on any atom is 0.166 e. The smallest absolute Gasteiger partial charge is 0.166 e. The fourth-order valence-corrected chi connectivity index (χ4v) is 2.92.